The molecule has 0 saturated heterocycles. The average Bonchev–Trinajstić information content (AvgIpc) is 2.99. The van der Waals surface area contributed by atoms with Crippen molar-refractivity contribution in [1.82, 2.24) is 15.1 Å². The minimum absolute atomic E-state index is 0.00149. The van der Waals surface area contributed by atoms with Gasteiger partial charge in [-0.1, -0.05) is 0 Å². The number of amides is 1. The summed E-state index contributed by atoms with van der Waals surface area (Å²) in [5.41, 5.74) is 3.33. The van der Waals surface area contributed by atoms with Crippen LogP contribution in [0.2, 0.25) is 0 Å². The molecule has 0 saturated carbocycles. The number of hydrogen-bond acceptors (Lipinski definition) is 3. The van der Waals surface area contributed by atoms with Gasteiger partial charge in [0.1, 0.15) is 5.76 Å². The maximum Gasteiger partial charge on any atom is 0.222 e. The Kier molecular flexibility index (Phi) is 4.04. The molecule has 0 aliphatic heterocycles. The smallest absolute Gasteiger partial charge is 0.222 e. The van der Waals surface area contributed by atoms with Crippen LogP contribution in [0, 0.1) is 20.8 Å². The molecule has 0 aliphatic rings. The van der Waals surface area contributed by atoms with E-state index in [-0.39, 0.29) is 5.91 Å². The van der Waals surface area contributed by atoms with Gasteiger partial charge in [0.2, 0.25) is 5.91 Å². The molecule has 0 spiro atoms. The maximum absolute atomic E-state index is 11.7. The van der Waals surface area contributed by atoms with E-state index < -0.39 is 0 Å². The summed E-state index contributed by atoms with van der Waals surface area (Å²) in [7, 11) is 0. The molecule has 0 unspecified atom stereocenters. The summed E-state index contributed by atoms with van der Waals surface area (Å²) in [6, 6.07) is 3.64. The molecule has 2 aromatic rings. The van der Waals surface area contributed by atoms with Crippen molar-refractivity contribution in [1.29, 1.82) is 0 Å². The fourth-order valence-electron chi connectivity index (χ4n) is 1.90. The molecule has 19 heavy (non-hydrogen) atoms. The summed E-state index contributed by atoms with van der Waals surface area (Å²) in [5.74, 6) is 0.761. The second kappa shape index (κ2) is 5.73. The number of carbonyl (C=O) groups excluding carboxylic acids is 1. The molecule has 1 amide bonds. The van der Waals surface area contributed by atoms with Crippen molar-refractivity contribution < 1.29 is 9.21 Å². The Labute approximate surface area is 112 Å². The highest BCUT2D eigenvalue weighted by Gasteiger charge is 2.09. The lowest BCUT2D eigenvalue weighted by atomic mass is 10.2. The van der Waals surface area contributed by atoms with E-state index in [1.165, 1.54) is 5.56 Å². The number of carbonyl (C=O) groups is 1. The first kappa shape index (κ1) is 13.4. The zero-order valence-electron chi connectivity index (χ0n) is 11.6. The molecule has 2 heterocycles. The van der Waals surface area contributed by atoms with E-state index in [1.54, 1.807) is 12.3 Å². The van der Waals surface area contributed by atoms with Crippen molar-refractivity contribution in [2.75, 3.05) is 0 Å². The maximum atomic E-state index is 11.7. The molecule has 0 aliphatic carbocycles. The summed E-state index contributed by atoms with van der Waals surface area (Å²) in [4.78, 5) is 11.7. The molecule has 0 atom stereocenters. The normalized spacial score (nSPS) is 10.7. The molecule has 2 aromatic heterocycles. The Bertz CT molecular complexity index is 556. The van der Waals surface area contributed by atoms with E-state index >= 15 is 0 Å². The monoisotopic (exact) mass is 261 g/mol. The number of rotatable bonds is 5. The van der Waals surface area contributed by atoms with E-state index in [0.29, 0.717) is 19.5 Å². The Morgan fingerprint density at radius 3 is 2.79 bits per heavy atom. The van der Waals surface area contributed by atoms with E-state index in [9.17, 15) is 4.79 Å². The first-order chi connectivity index (χ1) is 9.08. The van der Waals surface area contributed by atoms with Crippen LogP contribution in [0.15, 0.2) is 22.8 Å². The van der Waals surface area contributed by atoms with Crippen molar-refractivity contribution in [2.45, 2.75) is 40.3 Å². The van der Waals surface area contributed by atoms with Crippen LogP contribution in [0.4, 0.5) is 0 Å². The predicted octanol–water partition coefficient (Wildman–Crippen LogP) is 2.11. The highest BCUT2D eigenvalue weighted by atomic mass is 16.3. The molecule has 0 radical (unpaired) electrons. The van der Waals surface area contributed by atoms with E-state index in [2.05, 4.69) is 10.4 Å². The number of aryl methyl sites for hydroxylation is 2. The van der Waals surface area contributed by atoms with Gasteiger partial charge in [-0.05, 0) is 38.5 Å². The van der Waals surface area contributed by atoms with Gasteiger partial charge in [-0.15, -0.1) is 0 Å². The van der Waals surface area contributed by atoms with Crippen LogP contribution < -0.4 is 5.32 Å². The molecule has 1 N–H and O–H groups in total. The van der Waals surface area contributed by atoms with Crippen molar-refractivity contribution in [2.24, 2.45) is 0 Å². The van der Waals surface area contributed by atoms with Crippen molar-refractivity contribution in [3.63, 3.8) is 0 Å². The summed E-state index contributed by atoms with van der Waals surface area (Å²) < 4.78 is 7.04. The van der Waals surface area contributed by atoms with Gasteiger partial charge in [0, 0.05) is 18.7 Å². The lowest BCUT2D eigenvalue weighted by Crippen LogP contribution is -2.24. The van der Waals surface area contributed by atoms with Crippen LogP contribution in [-0.2, 0) is 17.9 Å². The van der Waals surface area contributed by atoms with Gasteiger partial charge in [0.15, 0.2) is 0 Å². The molecule has 5 heteroatoms. The number of furan rings is 1. The van der Waals surface area contributed by atoms with Crippen molar-refractivity contribution in [3.8, 4) is 0 Å². The van der Waals surface area contributed by atoms with Gasteiger partial charge in [-0.25, -0.2) is 0 Å². The highest BCUT2D eigenvalue weighted by molar-refractivity contribution is 5.75. The summed E-state index contributed by atoms with van der Waals surface area (Å²) in [6.45, 7) is 7.09. The topological polar surface area (TPSA) is 60.1 Å². The van der Waals surface area contributed by atoms with E-state index in [0.717, 1.165) is 17.1 Å². The van der Waals surface area contributed by atoms with Gasteiger partial charge in [-0.2, -0.15) is 5.10 Å². The second-order valence-corrected chi connectivity index (χ2v) is 4.63. The third kappa shape index (κ3) is 3.24. The number of nitrogens with one attached hydrogen (secondary N) is 1. The van der Waals surface area contributed by atoms with Crippen molar-refractivity contribution in [3.05, 3.63) is 41.1 Å². The van der Waals surface area contributed by atoms with Crippen LogP contribution >= 0.6 is 0 Å². The summed E-state index contributed by atoms with van der Waals surface area (Å²) >= 11 is 0. The number of hydrogen-bond donors (Lipinski definition) is 1. The second-order valence-electron chi connectivity index (χ2n) is 4.63. The first-order valence-corrected chi connectivity index (χ1v) is 6.37. The highest BCUT2D eigenvalue weighted by Crippen LogP contribution is 2.11. The lowest BCUT2D eigenvalue weighted by molar-refractivity contribution is -0.121. The molecular weight excluding hydrogens is 242 g/mol. The lowest BCUT2D eigenvalue weighted by Gasteiger charge is -2.05. The fourth-order valence-corrected chi connectivity index (χ4v) is 1.90. The molecule has 0 aromatic carbocycles. The van der Waals surface area contributed by atoms with Gasteiger partial charge in [0.05, 0.1) is 18.5 Å². The van der Waals surface area contributed by atoms with Gasteiger partial charge >= 0.3 is 0 Å². The summed E-state index contributed by atoms with van der Waals surface area (Å²) in [6.07, 6.45) is 2.02. The van der Waals surface area contributed by atoms with Gasteiger partial charge in [-0.3, -0.25) is 9.48 Å². The molecule has 5 nitrogen and oxygen atoms in total. The van der Waals surface area contributed by atoms with Gasteiger partial charge < -0.3 is 9.73 Å². The molecule has 2 rings (SSSR count). The first-order valence-electron chi connectivity index (χ1n) is 6.37. The van der Waals surface area contributed by atoms with E-state index in [4.69, 9.17) is 4.42 Å². The molecule has 0 fully saturated rings. The number of aromatic nitrogens is 2. The Morgan fingerprint density at radius 2 is 2.21 bits per heavy atom. The quantitative estimate of drug-likeness (QED) is 0.896. The predicted molar refractivity (Wildman–Crippen MR) is 71.6 cm³/mol. The minimum atomic E-state index is 0.00149. The van der Waals surface area contributed by atoms with Crippen LogP contribution in [0.3, 0.4) is 0 Å². The average molecular weight is 261 g/mol. The minimum Gasteiger partial charge on any atom is -0.467 e. The third-order valence-electron chi connectivity index (χ3n) is 3.33. The SMILES string of the molecule is Cc1nn(CCC(=O)NCc2ccco2)c(C)c1C. The van der Waals surface area contributed by atoms with Crippen LogP contribution in [0.1, 0.15) is 29.1 Å². The largest absolute Gasteiger partial charge is 0.467 e. The van der Waals surface area contributed by atoms with Crippen molar-refractivity contribution >= 4 is 5.91 Å². The zero-order valence-corrected chi connectivity index (χ0v) is 11.6. The molecule has 102 valence electrons. The van der Waals surface area contributed by atoms with Crippen LogP contribution in [-0.4, -0.2) is 15.7 Å². The van der Waals surface area contributed by atoms with Gasteiger partial charge in [0.25, 0.3) is 0 Å². The van der Waals surface area contributed by atoms with E-state index in [1.807, 2.05) is 31.5 Å². The Balaban J connectivity index is 1.81. The Morgan fingerprint density at radius 1 is 1.42 bits per heavy atom. The third-order valence-corrected chi connectivity index (χ3v) is 3.33. The summed E-state index contributed by atoms with van der Waals surface area (Å²) in [5, 5.41) is 7.23. The molecular formula is C14H19N3O2. The molecule has 0 bridgehead atoms. The number of nitrogens with zero attached hydrogens (tertiary/aromatic N) is 2. The fraction of sp³-hybridized carbons (Fsp3) is 0.429. The van der Waals surface area contributed by atoms with Crippen LogP contribution in [0.25, 0.3) is 0 Å². The Hall–Kier alpha value is -2.04. The zero-order chi connectivity index (χ0) is 13.8. The standard InChI is InChI=1S/C14H19N3O2/c1-10-11(2)16-17(12(10)3)7-6-14(18)15-9-13-5-4-8-19-13/h4-5,8H,6-7,9H2,1-3H3,(H,15,18). The van der Waals surface area contributed by atoms with Crippen LogP contribution in [0.5, 0.6) is 0 Å².